The minimum atomic E-state index is -0.650. The van der Waals surface area contributed by atoms with Gasteiger partial charge in [0.2, 0.25) is 11.8 Å². The highest BCUT2D eigenvalue weighted by Gasteiger charge is 2.41. The molecule has 2 fully saturated rings. The number of halogens is 1. The molecular formula is C32H40ClN7O2. The second kappa shape index (κ2) is 12.9. The van der Waals surface area contributed by atoms with Crippen LogP contribution in [0.4, 0.5) is 0 Å². The zero-order chi connectivity index (χ0) is 28.9. The summed E-state index contributed by atoms with van der Waals surface area (Å²) in [6, 6.07) is 14.7. The van der Waals surface area contributed by atoms with Crippen molar-refractivity contribution in [3.8, 4) is 0 Å². The van der Waals surface area contributed by atoms with Crippen molar-refractivity contribution in [1.29, 1.82) is 0 Å². The summed E-state index contributed by atoms with van der Waals surface area (Å²) < 4.78 is 1.96. The van der Waals surface area contributed by atoms with Crippen LogP contribution in [0.5, 0.6) is 0 Å². The molecule has 3 aromatic rings. The number of fused-ring (bicyclic) bond motifs is 1. The van der Waals surface area contributed by atoms with E-state index < -0.39 is 6.04 Å². The molecule has 1 aliphatic carbocycles. The molecule has 9 nitrogen and oxygen atoms in total. The molecule has 2 atom stereocenters. The Morgan fingerprint density at radius 2 is 1.74 bits per heavy atom. The molecule has 222 valence electrons. The van der Waals surface area contributed by atoms with Crippen molar-refractivity contribution in [3.05, 3.63) is 82.6 Å². The number of amides is 2. The quantitative estimate of drug-likeness (QED) is 0.419. The van der Waals surface area contributed by atoms with Crippen LogP contribution < -0.4 is 10.6 Å². The van der Waals surface area contributed by atoms with Crippen molar-refractivity contribution in [2.75, 3.05) is 26.2 Å². The molecule has 6 rings (SSSR count). The molecule has 1 saturated carbocycles. The van der Waals surface area contributed by atoms with Crippen LogP contribution in [0.1, 0.15) is 48.8 Å². The van der Waals surface area contributed by atoms with E-state index in [1.165, 1.54) is 30.4 Å². The van der Waals surface area contributed by atoms with Crippen LogP contribution in [0.25, 0.3) is 0 Å². The van der Waals surface area contributed by atoms with Crippen LogP contribution >= 0.6 is 11.6 Å². The van der Waals surface area contributed by atoms with Crippen LogP contribution in [-0.4, -0.2) is 80.4 Å². The average Bonchev–Trinajstić information content (AvgIpc) is 3.54. The van der Waals surface area contributed by atoms with Gasteiger partial charge in [0.15, 0.2) is 0 Å². The second-order valence-electron chi connectivity index (χ2n) is 12.0. The Morgan fingerprint density at radius 1 is 1.00 bits per heavy atom. The first kappa shape index (κ1) is 28.8. The predicted molar refractivity (Wildman–Crippen MR) is 162 cm³/mol. The number of benzene rings is 2. The lowest BCUT2D eigenvalue weighted by Crippen LogP contribution is -2.62. The van der Waals surface area contributed by atoms with E-state index in [0.717, 1.165) is 38.0 Å². The van der Waals surface area contributed by atoms with Crippen LogP contribution in [0.15, 0.2) is 60.9 Å². The molecule has 0 spiro atoms. The number of nitrogens with zero attached hydrogens (tertiary/aromatic N) is 5. The lowest BCUT2D eigenvalue weighted by molar-refractivity contribution is -0.139. The van der Waals surface area contributed by atoms with Crippen molar-refractivity contribution in [2.45, 2.75) is 75.7 Å². The van der Waals surface area contributed by atoms with Gasteiger partial charge in [0, 0.05) is 55.9 Å². The fourth-order valence-corrected chi connectivity index (χ4v) is 7.12. The van der Waals surface area contributed by atoms with E-state index in [4.69, 9.17) is 11.6 Å². The van der Waals surface area contributed by atoms with E-state index in [2.05, 4.69) is 38.0 Å². The molecule has 1 saturated heterocycles. The number of nitrogens with one attached hydrogen (secondary N) is 2. The third-order valence-electron chi connectivity index (χ3n) is 9.34. The number of rotatable bonds is 8. The molecular weight excluding hydrogens is 550 g/mol. The van der Waals surface area contributed by atoms with Gasteiger partial charge in [-0.05, 0) is 48.1 Å². The van der Waals surface area contributed by atoms with Gasteiger partial charge in [-0.15, -0.1) is 5.10 Å². The first-order valence-electron chi connectivity index (χ1n) is 15.2. The van der Waals surface area contributed by atoms with Crippen LogP contribution in [0, 0.1) is 0 Å². The number of carbonyl (C=O) groups excluding carboxylic acids is 2. The van der Waals surface area contributed by atoms with Gasteiger partial charge < -0.3 is 15.5 Å². The van der Waals surface area contributed by atoms with Crippen molar-refractivity contribution in [3.63, 3.8) is 0 Å². The predicted octanol–water partition coefficient (Wildman–Crippen LogP) is 3.22. The Hall–Kier alpha value is -3.27. The van der Waals surface area contributed by atoms with Crippen LogP contribution in [0.3, 0.4) is 0 Å². The Balaban J connectivity index is 1.14. The Labute approximate surface area is 252 Å². The van der Waals surface area contributed by atoms with E-state index in [-0.39, 0.29) is 23.4 Å². The summed E-state index contributed by atoms with van der Waals surface area (Å²) in [4.78, 5) is 32.1. The van der Waals surface area contributed by atoms with Gasteiger partial charge in [0.25, 0.3) is 0 Å². The normalized spacial score (nSPS) is 21.4. The molecule has 0 radical (unpaired) electrons. The van der Waals surface area contributed by atoms with E-state index in [1.807, 2.05) is 52.2 Å². The third kappa shape index (κ3) is 6.53. The average molecular weight is 590 g/mol. The summed E-state index contributed by atoms with van der Waals surface area (Å²) in [7, 11) is 0. The topological polar surface area (TPSA) is 95.4 Å². The van der Waals surface area contributed by atoms with E-state index in [1.54, 1.807) is 6.20 Å². The van der Waals surface area contributed by atoms with Crippen LogP contribution in [0.2, 0.25) is 5.02 Å². The zero-order valence-corrected chi connectivity index (χ0v) is 24.8. The Kier molecular flexibility index (Phi) is 8.88. The fraction of sp³-hybridized carbons (Fsp3) is 0.500. The largest absolute Gasteiger partial charge is 0.343 e. The molecule has 0 unspecified atom stereocenters. The Bertz CT molecular complexity index is 1350. The number of hydrogen-bond acceptors (Lipinski definition) is 6. The molecule has 42 heavy (non-hydrogen) atoms. The standard InChI is InChI=1S/C32H40ClN7O2/c33-27-10-8-24(9-11-27)20-29(36-30(41)28-21-25-6-2-3-7-26(25)22-34-28)31(42)38-16-18-39(19-17-38)32(12-4-1-5-13-32)23-40-15-14-35-37-40/h2-3,6-11,14-15,28-29,34H,1,4-5,12-13,16-23H2,(H,36,41)/t28-,29-/m1/s1. The van der Waals surface area contributed by atoms with E-state index in [9.17, 15) is 9.59 Å². The molecule has 2 aliphatic heterocycles. The molecule has 3 aliphatic rings. The summed E-state index contributed by atoms with van der Waals surface area (Å²) in [6.07, 6.45) is 10.7. The van der Waals surface area contributed by atoms with Crippen LogP contribution in [-0.2, 0) is 35.5 Å². The van der Waals surface area contributed by atoms with Gasteiger partial charge in [0.05, 0.1) is 18.8 Å². The van der Waals surface area contributed by atoms with Gasteiger partial charge in [-0.1, -0.05) is 72.5 Å². The van der Waals surface area contributed by atoms with Gasteiger partial charge in [-0.25, -0.2) is 0 Å². The third-order valence-corrected chi connectivity index (χ3v) is 9.59. The molecule has 1 aromatic heterocycles. The van der Waals surface area contributed by atoms with Crippen molar-refractivity contribution < 1.29 is 9.59 Å². The Morgan fingerprint density at radius 3 is 2.45 bits per heavy atom. The highest BCUT2D eigenvalue weighted by atomic mass is 35.5. The van der Waals surface area contributed by atoms with Gasteiger partial charge >= 0.3 is 0 Å². The highest BCUT2D eigenvalue weighted by Crippen LogP contribution is 2.36. The summed E-state index contributed by atoms with van der Waals surface area (Å²) in [5.74, 6) is -0.160. The molecule has 0 bridgehead atoms. The molecule has 3 heterocycles. The lowest BCUT2D eigenvalue weighted by Gasteiger charge is -2.50. The van der Waals surface area contributed by atoms with Crippen molar-refractivity contribution in [2.24, 2.45) is 0 Å². The summed E-state index contributed by atoms with van der Waals surface area (Å²) >= 11 is 6.13. The summed E-state index contributed by atoms with van der Waals surface area (Å²) in [5, 5.41) is 15.4. The molecule has 2 aromatic carbocycles. The first-order valence-corrected chi connectivity index (χ1v) is 15.6. The highest BCUT2D eigenvalue weighted by molar-refractivity contribution is 6.30. The second-order valence-corrected chi connectivity index (χ2v) is 12.4. The van der Waals surface area contributed by atoms with E-state index in [0.29, 0.717) is 37.5 Å². The lowest BCUT2D eigenvalue weighted by atomic mass is 9.79. The van der Waals surface area contributed by atoms with Gasteiger partial charge in [0.1, 0.15) is 6.04 Å². The van der Waals surface area contributed by atoms with Gasteiger partial charge in [-0.2, -0.15) is 0 Å². The van der Waals surface area contributed by atoms with Crippen molar-refractivity contribution in [1.82, 2.24) is 35.4 Å². The summed E-state index contributed by atoms with van der Waals surface area (Å²) in [6.45, 7) is 4.36. The maximum atomic E-state index is 14.0. The fourth-order valence-electron chi connectivity index (χ4n) is 6.99. The minimum Gasteiger partial charge on any atom is -0.343 e. The number of piperazine rings is 1. The zero-order valence-electron chi connectivity index (χ0n) is 24.1. The SMILES string of the molecule is O=C(N[C@H](Cc1ccc(Cl)cc1)C(=O)N1CCN(C2(Cn3ccnn3)CCCCC2)CC1)[C@H]1Cc2ccccc2CN1. The smallest absolute Gasteiger partial charge is 0.245 e. The molecule has 2 N–H and O–H groups in total. The number of hydrogen-bond donors (Lipinski definition) is 2. The molecule has 2 amide bonds. The van der Waals surface area contributed by atoms with Crippen molar-refractivity contribution >= 4 is 23.4 Å². The first-order chi connectivity index (χ1) is 20.5. The minimum absolute atomic E-state index is 0.0249. The van der Waals surface area contributed by atoms with E-state index >= 15 is 0 Å². The number of aromatic nitrogens is 3. The maximum Gasteiger partial charge on any atom is 0.245 e. The number of carbonyl (C=O) groups is 2. The van der Waals surface area contributed by atoms with Gasteiger partial charge in [-0.3, -0.25) is 19.2 Å². The monoisotopic (exact) mass is 589 g/mol. The maximum absolute atomic E-state index is 14.0. The molecule has 10 heteroatoms. The summed E-state index contributed by atoms with van der Waals surface area (Å²) in [5.41, 5.74) is 3.40.